The van der Waals surface area contributed by atoms with E-state index in [-0.39, 0.29) is 11.6 Å². The number of hydrogen-bond donors (Lipinski definition) is 2. The van der Waals surface area contributed by atoms with Crippen molar-refractivity contribution in [2.24, 2.45) is 5.73 Å². The monoisotopic (exact) mass is 274 g/mol. The average molecular weight is 274 g/mol. The third-order valence-corrected chi connectivity index (χ3v) is 3.11. The summed E-state index contributed by atoms with van der Waals surface area (Å²) in [5.74, 6) is -0.113. The highest BCUT2D eigenvalue weighted by Crippen LogP contribution is 2.14. The Labute approximate surface area is 118 Å². The van der Waals surface area contributed by atoms with Crippen LogP contribution in [-0.4, -0.2) is 16.5 Å². The van der Waals surface area contributed by atoms with Gasteiger partial charge in [-0.2, -0.15) is 0 Å². The van der Waals surface area contributed by atoms with E-state index in [1.807, 2.05) is 31.2 Å². The van der Waals surface area contributed by atoms with Gasteiger partial charge in [0.25, 0.3) is 0 Å². The molecule has 0 saturated carbocycles. The molecule has 1 heterocycles. The molecule has 4 nitrogen and oxygen atoms in total. The van der Waals surface area contributed by atoms with Crippen molar-refractivity contribution in [3.63, 3.8) is 0 Å². The number of nitrogens with two attached hydrogens (primary N) is 1. The molecule has 0 saturated heterocycles. The lowest BCUT2D eigenvalue weighted by Crippen LogP contribution is -2.07. The van der Waals surface area contributed by atoms with Gasteiger partial charge in [0.05, 0.1) is 5.69 Å². The predicted molar refractivity (Wildman–Crippen MR) is 77.9 cm³/mol. The van der Waals surface area contributed by atoms with E-state index in [1.165, 1.54) is 11.9 Å². The van der Waals surface area contributed by atoms with Gasteiger partial charge in [-0.15, -0.1) is 0 Å². The molecule has 0 unspecified atom stereocenters. The van der Waals surface area contributed by atoms with Gasteiger partial charge in [0.15, 0.2) is 11.6 Å². The summed E-state index contributed by atoms with van der Waals surface area (Å²) in [5.41, 5.74) is 8.22. The summed E-state index contributed by atoms with van der Waals surface area (Å²) < 4.78 is 13.9. The van der Waals surface area contributed by atoms with Crippen LogP contribution in [0.1, 0.15) is 23.7 Å². The van der Waals surface area contributed by atoms with Crippen LogP contribution in [0.15, 0.2) is 30.6 Å². The van der Waals surface area contributed by atoms with Gasteiger partial charge in [0.2, 0.25) is 0 Å². The fraction of sp³-hybridized carbons (Fsp3) is 0.333. The second kappa shape index (κ2) is 6.96. The van der Waals surface area contributed by atoms with Crippen molar-refractivity contribution in [3.8, 4) is 0 Å². The zero-order valence-corrected chi connectivity index (χ0v) is 11.6. The number of aryl methyl sites for hydroxylation is 1. The lowest BCUT2D eigenvalue weighted by molar-refractivity contribution is 0.596. The Hall–Kier alpha value is -2.01. The Bertz CT molecular complexity index is 554. The average Bonchev–Trinajstić information content (AvgIpc) is 2.48. The SMILES string of the molecule is CCc1ncnc(NCc2ccc(CCN)cc2)c1F. The van der Waals surface area contributed by atoms with Crippen LogP contribution in [0.25, 0.3) is 0 Å². The van der Waals surface area contributed by atoms with E-state index in [1.54, 1.807) is 0 Å². The summed E-state index contributed by atoms with van der Waals surface area (Å²) in [6, 6.07) is 8.10. The largest absolute Gasteiger partial charge is 0.363 e. The number of anilines is 1. The Kier molecular flexibility index (Phi) is 5.01. The number of nitrogens with one attached hydrogen (secondary N) is 1. The van der Waals surface area contributed by atoms with E-state index >= 15 is 0 Å². The van der Waals surface area contributed by atoms with Crippen molar-refractivity contribution in [2.45, 2.75) is 26.3 Å². The number of rotatable bonds is 6. The smallest absolute Gasteiger partial charge is 0.186 e. The maximum absolute atomic E-state index is 13.9. The Balaban J connectivity index is 2.01. The maximum atomic E-state index is 13.9. The van der Waals surface area contributed by atoms with Crippen LogP contribution in [0.3, 0.4) is 0 Å². The van der Waals surface area contributed by atoms with E-state index in [0.29, 0.717) is 25.2 Å². The molecule has 0 aliphatic rings. The number of aromatic nitrogens is 2. The van der Waals surface area contributed by atoms with Crippen LogP contribution >= 0.6 is 0 Å². The quantitative estimate of drug-likeness (QED) is 0.848. The van der Waals surface area contributed by atoms with Crippen molar-refractivity contribution < 1.29 is 4.39 Å². The minimum atomic E-state index is -0.366. The van der Waals surface area contributed by atoms with Gasteiger partial charge in [-0.1, -0.05) is 31.2 Å². The molecule has 20 heavy (non-hydrogen) atoms. The van der Waals surface area contributed by atoms with Crippen LogP contribution in [0.2, 0.25) is 0 Å². The van der Waals surface area contributed by atoms with E-state index in [9.17, 15) is 4.39 Å². The highest BCUT2D eigenvalue weighted by atomic mass is 19.1. The van der Waals surface area contributed by atoms with E-state index in [2.05, 4.69) is 15.3 Å². The predicted octanol–water partition coefficient (Wildman–Crippen LogP) is 2.29. The lowest BCUT2D eigenvalue weighted by atomic mass is 10.1. The van der Waals surface area contributed by atoms with Crippen molar-refractivity contribution in [3.05, 3.63) is 53.2 Å². The molecule has 5 heteroatoms. The Morgan fingerprint density at radius 1 is 1.15 bits per heavy atom. The summed E-state index contributed by atoms with van der Waals surface area (Å²) in [4.78, 5) is 7.84. The number of halogens is 1. The second-order valence-corrected chi connectivity index (χ2v) is 4.55. The van der Waals surface area contributed by atoms with E-state index in [4.69, 9.17) is 5.73 Å². The van der Waals surface area contributed by atoms with Gasteiger partial charge in [-0.25, -0.2) is 14.4 Å². The van der Waals surface area contributed by atoms with Crippen molar-refractivity contribution in [2.75, 3.05) is 11.9 Å². The fourth-order valence-electron chi connectivity index (χ4n) is 1.95. The summed E-state index contributed by atoms with van der Waals surface area (Å²) in [5, 5.41) is 3.00. The first-order chi connectivity index (χ1) is 9.74. The molecule has 106 valence electrons. The van der Waals surface area contributed by atoms with Gasteiger partial charge < -0.3 is 11.1 Å². The van der Waals surface area contributed by atoms with Gasteiger partial charge in [0.1, 0.15) is 6.33 Å². The van der Waals surface area contributed by atoms with Crippen LogP contribution in [-0.2, 0) is 19.4 Å². The van der Waals surface area contributed by atoms with Gasteiger partial charge >= 0.3 is 0 Å². The fourth-order valence-corrected chi connectivity index (χ4v) is 1.95. The molecule has 0 radical (unpaired) electrons. The molecule has 2 rings (SSSR count). The molecule has 0 aliphatic heterocycles. The van der Waals surface area contributed by atoms with Gasteiger partial charge in [-0.3, -0.25) is 0 Å². The molecule has 1 aromatic carbocycles. The minimum Gasteiger partial charge on any atom is -0.363 e. The molecular weight excluding hydrogens is 255 g/mol. The highest BCUT2D eigenvalue weighted by molar-refractivity contribution is 5.38. The first kappa shape index (κ1) is 14.4. The van der Waals surface area contributed by atoms with Crippen molar-refractivity contribution in [1.82, 2.24) is 9.97 Å². The van der Waals surface area contributed by atoms with Crippen molar-refractivity contribution >= 4 is 5.82 Å². The molecule has 2 aromatic rings. The van der Waals surface area contributed by atoms with Gasteiger partial charge in [-0.05, 0) is 30.5 Å². The molecule has 1 aromatic heterocycles. The topological polar surface area (TPSA) is 63.8 Å². The van der Waals surface area contributed by atoms with E-state index in [0.717, 1.165) is 12.0 Å². The van der Waals surface area contributed by atoms with Crippen LogP contribution < -0.4 is 11.1 Å². The molecular formula is C15H19FN4. The molecule has 0 fully saturated rings. The summed E-state index contributed by atoms with van der Waals surface area (Å²) in [7, 11) is 0. The molecule has 0 spiro atoms. The molecule has 0 bridgehead atoms. The first-order valence-corrected chi connectivity index (χ1v) is 6.75. The maximum Gasteiger partial charge on any atom is 0.186 e. The zero-order valence-electron chi connectivity index (χ0n) is 11.6. The van der Waals surface area contributed by atoms with Gasteiger partial charge in [0, 0.05) is 6.54 Å². The minimum absolute atomic E-state index is 0.253. The summed E-state index contributed by atoms with van der Waals surface area (Å²) in [6.45, 7) is 3.04. The highest BCUT2D eigenvalue weighted by Gasteiger charge is 2.08. The molecule has 0 aliphatic carbocycles. The third kappa shape index (κ3) is 3.51. The van der Waals surface area contributed by atoms with Crippen LogP contribution in [0.4, 0.5) is 10.2 Å². The first-order valence-electron chi connectivity index (χ1n) is 6.75. The summed E-state index contributed by atoms with van der Waals surface area (Å²) >= 11 is 0. The summed E-state index contributed by atoms with van der Waals surface area (Å²) in [6.07, 6.45) is 2.81. The number of benzene rings is 1. The zero-order chi connectivity index (χ0) is 14.4. The molecule has 3 N–H and O–H groups in total. The lowest BCUT2D eigenvalue weighted by Gasteiger charge is -2.08. The van der Waals surface area contributed by atoms with Crippen LogP contribution in [0.5, 0.6) is 0 Å². The molecule has 0 atom stereocenters. The van der Waals surface area contributed by atoms with E-state index < -0.39 is 0 Å². The Morgan fingerprint density at radius 3 is 2.50 bits per heavy atom. The number of nitrogens with zero attached hydrogens (tertiary/aromatic N) is 2. The normalized spacial score (nSPS) is 10.6. The third-order valence-electron chi connectivity index (χ3n) is 3.11. The standard InChI is InChI=1S/C15H19FN4/c1-2-13-14(16)15(20-10-19-13)18-9-12-5-3-11(4-6-12)7-8-17/h3-6,10H,2,7-9,17H2,1H3,(H,18,19,20). The Morgan fingerprint density at radius 2 is 1.85 bits per heavy atom. The second-order valence-electron chi connectivity index (χ2n) is 4.55. The number of hydrogen-bond acceptors (Lipinski definition) is 4. The molecule has 0 amide bonds. The van der Waals surface area contributed by atoms with Crippen LogP contribution in [0, 0.1) is 5.82 Å². The van der Waals surface area contributed by atoms with Crippen molar-refractivity contribution in [1.29, 1.82) is 0 Å².